The van der Waals surface area contributed by atoms with E-state index in [2.05, 4.69) is 30.2 Å². The molecule has 1 amide bonds. The molecule has 3 nitrogen and oxygen atoms in total. The summed E-state index contributed by atoms with van der Waals surface area (Å²) in [7, 11) is 0. The zero-order chi connectivity index (χ0) is 13.3. The average Bonchev–Trinajstić information content (AvgIpc) is 2.63. The minimum absolute atomic E-state index is 0.0111. The van der Waals surface area contributed by atoms with E-state index in [9.17, 15) is 4.79 Å². The normalized spacial score (nSPS) is 12.7. The largest absolute Gasteiger partial charge is 0.358 e. The Morgan fingerprint density at radius 3 is 2.78 bits per heavy atom. The number of nitrogens with one attached hydrogen (secondary N) is 2. The second kappa shape index (κ2) is 4.84. The first-order chi connectivity index (χ1) is 8.52. The van der Waals surface area contributed by atoms with Crippen LogP contribution in [0.1, 0.15) is 41.9 Å². The van der Waals surface area contributed by atoms with Gasteiger partial charge >= 0.3 is 0 Å². The summed E-state index contributed by atoms with van der Waals surface area (Å²) >= 11 is 0. The van der Waals surface area contributed by atoms with Gasteiger partial charge in [-0.2, -0.15) is 0 Å². The average molecular weight is 244 g/mol. The van der Waals surface area contributed by atoms with Crippen molar-refractivity contribution in [2.75, 3.05) is 0 Å². The first kappa shape index (κ1) is 12.7. The number of fused-ring (bicyclic) bond motifs is 1. The molecule has 1 aromatic heterocycles. The van der Waals surface area contributed by atoms with Crippen molar-refractivity contribution < 1.29 is 4.79 Å². The fourth-order valence-electron chi connectivity index (χ4n) is 2.14. The third kappa shape index (κ3) is 2.26. The highest BCUT2D eigenvalue weighted by Gasteiger charge is 2.16. The molecule has 0 saturated carbocycles. The minimum atomic E-state index is 0.0111. The zero-order valence-corrected chi connectivity index (χ0v) is 11.4. The van der Waals surface area contributed by atoms with E-state index in [0.717, 1.165) is 28.6 Å². The van der Waals surface area contributed by atoms with Gasteiger partial charge in [0.25, 0.3) is 5.91 Å². The van der Waals surface area contributed by atoms with E-state index in [1.54, 1.807) is 0 Å². The van der Waals surface area contributed by atoms with Crippen molar-refractivity contribution in [1.29, 1.82) is 0 Å². The van der Waals surface area contributed by atoms with Crippen LogP contribution in [0.2, 0.25) is 0 Å². The maximum Gasteiger partial charge on any atom is 0.253 e. The van der Waals surface area contributed by atoms with Crippen LogP contribution in [0, 0.1) is 13.8 Å². The van der Waals surface area contributed by atoms with Crippen LogP contribution in [0.15, 0.2) is 18.2 Å². The van der Waals surface area contributed by atoms with Crippen molar-refractivity contribution in [3.05, 3.63) is 35.0 Å². The molecule has 1 unspecified atom stereocenters. The van der Waals surface area contributed by atoms with Gasteiger partial charge < -0.3 is 10.3 Å². The SMILES string of the molecule is CCC(C)NC(=O)c1c(C)[nH]c2cc(C)ccc12. The standard InChI is InChI=1S/C15H20N2O/c1-5-10(3)16-15(18)14-11(4)17-13-8-9(2)6-7-12(13)14/h6-8,10,17H,5H2,1-4H3,(H,16,18). The van der Waals surface area contributed by atoms with E-state index < -0.39 is 0 Å². The highest BCUT2D eigenvalue weighted by atomic mass is 16.1. The number of benzene rings is 1. The zero-order valence-electron chi connectivity index (χ0n) is 11.4. The molecule has 0 bridgehead atoms. The molecule has 1 aromatic carbocycles. The van der Waals surface area contributed by atoms with Crippen molar-refractivity contribution in [1.82, 2.24) is 10.3 Å². The predicted molar refractivity (Wildman–Crippen MR) is 75.0 cm³/mol. The van der Waals surface area contributed by atoms with Crippen molar-refractivity contribution in [3.8, 4) is 0 Å². The Hall–Kier alpha value is -1.77. The molecule has 0 saturated heterocycles. The lowest BCUT2D eigenvalue weighted by Crippen LogP contribution is -2.32. The minimum Gasteiger partial charge on any atom is -0.358 e. The molecule has 0 spiro atoms. The number of aromatic amines is 1. The first-order valence-electron chi connectivity index (χ1n) is 6.42. The number of aromatic nitrogens is 1. The molecule has 2 N–H and O–H groups in total. The molecule has 18 heavy (non-hydrogen) atoms. The highest BCUT2D eigenvalue weighted by molar-refractivity contribution is 6.08. The molecule has 0 fully saturated rings. The van der Waals surface area contributed by atoms with Gasteiger partial charge in [-0.1, -0.05) is 19.1 Å². The van der Waals surface area contributed by atoms with Crippen LogP contribution in [0.5, 0.6) is 0 Å². The van der Waals surface area contributed by atoms with Crippen LogP contribution in [-0.2, 0) is 0 Å². The van der Waals surface area contributed by atoms with E-state index in [1.165, 1.54) is 5.56 Å². The molecule has 0 aliphatic heterocycles. The smallest absolute Gasteiger partial charge is 0.253 e. The Bertz CT molecular complexity index is 583. The fraction of sp³-hybridized carbons (Fsp3) is 0.400. The van der Waals surface area contributed by atoms with Gasteiger partial charge in [-0.3, -0.25) is 4.79 Å². The van der Waals surface area contributed by atoms with Crippen LogP contribution in [0.4, 0.5) is 0 Å². The van der Waals surface area contributed by atoms with Crippen molar-refractivity contribution in [3.63, 3.8) is 0 Å². The van der Waals surface area contributed by atoms with Gasteiger partial charge in [0.15, 0.2) is 0 Å². The Morgan fingerprint density at radius 2 is 2.11 bits per heavy atom. The number of H-pyrrole nitrogens is 1. The van der Waals surface area contributed by atoms with E-state index in [0.29, 0.717) is 0 Å². The van der Waals surface area contributed by atoms with E-state index in [1.807, 2.05) is 26.0 Å². The van der Waals surface area contributed by atoms with Gasteiger partial charge in [-0.15, -0.1) is 0 Å². The van der Waals surface area contributed by atoms with Crippen LogP contribution in [-0.4, -0.2) is 16.9 Å². The van der Waals surface area contributed by atoms with Gasteiger partial charge in [-0.05, 0) is 38.8 Å². The summed E-state index contributed by atoms with van der Waals surface area (Å²) < 4.78 is 0. The third-order valence-electron chi connectivity index (χ3n) is 3.36. The summed E-state index contributed by atoms with van der Waals surface area (Å²) in [6.07, 6.45) is 0.937. The van der Waals surface area contributed by atoms with Gasteiger partial charge in [-0.25, -0.2) is 0 Å². The van der Waals surface area contributed by atoms with Crippen LogP contribution in [0.25, 0.3) is 10.9 Å². The Labute approximate surface area is 108 Å². The molecule has 2 rings (SSSR count). The number of amides is 1. The van der Waals surface area contributed by atoms with Crippen molar-refractivity contribution >= 4 is 16.8 Å². The summed E-state index contributed by atoms with van der Waals surface area (Å²) in [6, 6.07) is 6.32. The van der Waals surface area contributed by atoms with E-state index in [-0.39, 0.29) is 11.9 Å². The van der Waals surface area contributed by atoms with Crippen LogP contribution < -0.4 is 5.32 Å². The maximum absolute atomic E-state index is 12.3. The molecule has 1 atom stereocenters. The second-order valence-corrected chi connectivity index (χ2v) is 4.96. The number of rotatable bonds is 3. The molecule has 0 aliphatic rings. The lowest BCUT2D eigenvalue weighted by molar-refractivity contribution is 0.0940. The molecule has 1 heterocycles. The second-order valence-electron chi connectivity index (χ2n) is 4.96. The molecular formula is C15H20N2O. The van der Waals surface area contributed by atoms with Gasteiger partial charge in [0, 0.05) is 22.6 Å². The molecule has 0 aliphatic carbocycles. The summed E-state index contributed by atoms with van der Waals surface area (Å²) in [5.41, 5.74) is 3.92. The molecule has 2 aromatic rings. The van der Waals surface area contributed by atoms with Crippen LogP contribution >= 0.6 is 0 Å². The monoisotopic (exact) mass is 244 g/mol. The Kier molecular flexibility index (Phi) is 3.41. The number of aryl methyl sites for hydroxylation is 2. The van der Waals surface area contributed by atoms with Crippen LogP contribution in [0.3, 0.4) is 0 Å². The highest BCUT2D eigenvalue weighted by Crippen LogP contribution is 2.23. The molecule has 96 valence electrons. The van der Waals surface area contributed by atoms with Gasteiger partial charge in [0.05, 0.1) is 5.56 Å². The fourth-order valence-corrected chi connectivity index (χ4v) is 2.14. The van der Waals surface area contributed by atoms with Gasteiger partial charge in [0.1, 0.15) is 0 Å². The summed E-state index contributed by atoms with van der Waals surface area (Å²) in [4.78, 5) is 15.5. The Balaban J connectivity index is 2.44. The third-order valence-corrected chi connectivity index (χ3v) is 3.36. The van der Waals surface area contributed by atoms with Crippen molar-refractivity contribution in [2.45, 2.75) is 40.2 Å². The molecule has 3 heteroatoms. The summed E-state index contributed by atoms with van der Waals surface area (Å²) in [6.45, 7) is 8.08. The molecular weight excluding hydrogens is 224 g/mol. The predicted octanol–water partition coefficient (Wildman–Crippen LogP) is 3.31. The quantitative estimate of drug-likeness (QED) is 0.854. The Morgan fingerprint density at radius 1 is 1.39 bits per heavy atom. The number of hydrogen-bond acceptors (Lipinski definition) is 1. The number of hydrogen-bond donors (Lipinski definition) is 2. The number of carbonyl (C=O) groups is 1. The van der Waals surface area contributed by atoms with E-state index >= 15 is 0 Å². The summed E-state index contributed by atoms with van der Waals surface area (Å²) in [5, 5.41) is 4.02. The summed E-state index contributed by atoms with van der Waals surface area (Å²) in [5.74, 6) is 0.0111. The number of carbonyl (C=O) groups excluding carboxylic acids is 1. The first-order valence-corrected chi connectivity index (χ1v) is 6.42. The topological polar surface area (TPSA) is 44.9 Å². The maximum atomic E-state index is 12.3. The lowest BCUT2D eigenvalue weighted by Gasteiger charge is -2.11. The van der Waals surface area contributed by atoms with E-state index in [4.69, 9.17) is 0 Å². The lowest BCUT2D eigenvalue weighted by atomic mass is 10.1. The van der Waals surface area contributed by atoms with Crippen molar-refractivity contribution in [2.24, 2.45) is 0 Å². The van der Waals surface area contributed by atoms with Gasteiger partial charge in [0.2, 0.25) is 0 Å². The molecule has 0 radical (unpaired) electrons.